The zero-order chi connectivity index (χ0) is 8.72. The Morgan fingerprint density at radius 1 is 1.58 bits per heavy atom. The molecule has 0 saturated heterocycles. The summed E-state index contributed by atoms with van der Waals surface area (Å²) in [5.41, 5.74) is 1.09. The first kappa shape index (κ1) is 7.73. The molecule has 0 unspecified atom stereocenters. The summed E-state index contributed by atoms with van der Waals surface area (Å²) in [6.07, 6.45) is 0. The minimum absolute atomic E-state index is 0.137. The van der Waals surface area contributed by atoms with Gasteiger partial charge in [0.2, 0.25) is 5.91 Å². The normalized spacial score (nSPS) is 15.0. The van der Waals surface area contributed by atoms with Crippen LogP contribution in [0.4, 0.5) is 0 Å². The van der Waals surface area contributed by atoms with Gasteiger partial charge in [-0.05, 0) is 6.92 Å². The van der Waals surface area contributed by atoms with Crippen molar-refractivity contribution in [3.05, 3.63) is 15.6 Å². The lowest BCUT2D eigenvalue weighted by atomic mass is 10.4. The Morgan fingerprint density at radius 3 is 2.92 bits per heavy atom. The Balaban J connectivity index is 2.24. The van der Waals surface area contributed by atoms with Crippen LogP contribution in [0.1, 0.15) is 22.5 Å². The van der Waals surface area contributed by atoms with E-state index < -0.39 is 0 Å². The van der Waals surface area contributed by atoms with Gasteiger partial charge in [0.15, 0.2) is 0 Å². The van der Waals surface area contributed by atoms with Crippen molar-refractivity contribution in [1.29, 1.82) is 0 Å². The molecule has 12 heavy (non-hydrogen) atoms. The largest absolute Gasteiger partial charge is 0.332 e. The first-order chi connectivity index (χ1) is 5.66. The predicted molar refractivity (Wildman–Crippen MR) is 46.8 cm³/mol. The molecule has 0 aromatic carbocycles. The summed E-state index contributed by atoms with van der Waals surface area (Å²) in [5, 5.41) is 1.10. The number of aromatic nitrogens is 1. The zero-order valence-electron chi connectivity index (χ0n) is 7.13. The lowest BCUT2D eigenvalue weighted by Gasteiger charge is -2.11. The second-order valence-corrected chi connectivity index (χ2v) is 4.27. The highest BCUT2D eigenvalue weighted by atomic mass is 32.1. The van der Waals surface area contributed by atoms with Gasteiger partial charge in [0.25, 0.3) is 0 Å². The fourth-order valence-electron chi connectivity index (χ4n) is 1.39. The van der Waals surface area contributed by atoms with Crippen LogP contribution in [0.15, 0.2) is 0 Å². The summed E-state index contributed by atoms with van der Waals surface area (Å²) >= 11 is 1.69. The first-order valence-corrected chi connectivity index (χ1v) is 4.69. The quantitative estimate of drug-likeness (QED) is 0.606. The molecule has 0 saturated carbocycles. The lowest BCUT2D eigenvalue weighted by molar-refractivity contribution is -0.129. The Morgan fingerprint density at radius 2 is 2.33 bits per heavy atom. The molecule has 1 aromatic heterocycles. The molecule has 1 aromatic rings. The van der Waals surface area contributed by atoms with E-state index in [0.29, 0.717) is 6.54 Å². The molecule has 0 fully saturated rings. The lowest BCUT2D eigenvalue weighted by Crippen LogP contribution is -2.22. The monoisotopic (exact) mass is 182 g/mol. The molecule has 2 rings (SSSR count). The van der Waals surface area contributed by atoms with E-state index in [1.54, 1.807) is 18.3 Å². The SMILES string of the molecule is CC(=O)N1Cc2nc(C)sc2C1. The van der Waals surface area contributed by atoms with E-state index in [1.807, 2.05) is 11.8 Å². The third-order valence-corrected chi connectivity index (χ3v) is 3.00. The van der Waals surface area contributed by atoms with Gasteiger partial charge in [-0.15, -0.1) is 11.3 Å². The van der Waals surface area contributed by atoms with Crippen molar-refractivity contribution < 1.29 is 4.79 Å². The van der Waals surface area contributed by atoms with E-state index in [2.05, 4.69) is 4.98 Å². The Hall–Kier alpha value is -0.900. The summed E-state index contributed by atoms with van der Waals surface area (Å²) in [4.78, 5) is 18.4. The van der Waals surface area contributed by atoms with Crippen molar-refractivity contribution in [2.45, 2.75) is 26.9 Å². The van der Waals surface area contributed by atoms with Crippen molar-refractivity contribution in [2.24, 2.45) is 0 Å². The smallest absolute Gasteiger partial charge is 0.220 e. The fourth-order valence-corrected chi connectivity index (χ4v) is 2.35. The maximum Gasteiger partial charge on any atom is 0.220 e. The van der Waals surface area contributed by atoms with E-state index in [9.17, 15) is 4.79 Å². The maximum atomic E-state index is 11.0. The number of hydrogen-bond acceptors (Lipinski definition) is 3. The average Bonchev–Trinajstić information content (AvgIpc) is 2.42. The highest BCUT2D eigenvalue weighted by Crippen LogP contribution is 2.27. The van der Waals surface area contributed by atoms with Gasteiger partial charge in [-0.2, -0.15) is 0 Å². The molecular weight excluding hydrogens is 172 g/mol. The summed E-state index contributed by atoms with van der Waals surface area (Å²) in [6, 6.07) is 0. The number of hydrogen-bond donors (Lipinski definition) is 0. The fraction of sp³-hybridized carbons (Fsp3) is 0.500. The molecule has 1 amide bonds. The number of rotatable bonds is 0. The van der Waals surface area contributed by atoms with Crippen molar-refractivity contribution in [2.75, 3.05) is 0 Å². The molecular formula is C8H10N2OS. The van der Waals surface area contributed by atoms with Gasteiger partial charge < -0.3 is 4.90 Å². The third-order valence-electron chi connectivity index (χ3n) is 2.01. The number of carbonyl (C=O) groups is 1. The van der Waals surface area contributed by atoms with E-state index in [0.717, 1.165) is 17.2 Å². The molecule has 1 aliphatic rings. The minimum atomic E-state index is 0.137. The number of thiazole rings is 1. The molecule has 0 spiro atoms. The average molecular weight is 182 g/mol. The van der Waals surface area contributed by atoms with Gasteiger partial charge in [0, 0.05) is 11.8 Å². The summed E-state index contributed by atoms with van der Waals surface area (Å²) in [7, 11) is 0. The van der Waals surface area contributed by atoms with Gasteiger partial charge in [-0.25, -0.2) is 4.98 Å². The van der Waals surface area contributed by atoms with Gasteiger partial charge >= 0.3 is 0 Å². The minimum Gasteiger partial charge on any atom is -0.332 e. The molecule has 0 radical (unpaired) electrons. The molecule has 64 valence electrons. The Labute approximate surface area is 75.0 Å². The van der Waals surface area contributed by atoms with Gasteiger partial charge in [0.1, 0.15) is 0 Å². The van der Waals surface area contributed by atoms with Crippen LogP contribution in [0.2, 0.25) is 0 Å². The Kier molecular flexibility index (Phi) is 1.65. The topological polar surface area (TPSA) is 33.2 Å². The molecule has 2 heterocycles. The van der Waals surface area contributed by atoms with E-state index in [-0.39, 0.29) is 5.91 Å². The number of carbonyl (C=O) groups excluding carboxylic acids is 1. The summed E-state index contributed by atoms with van der Waals surface area (Å²) in [6.45, 7) is 5.07. The molecule has 1 aliphatic heterocycles. The van der Waals surface area contributed by atoms with Gasteiger partial charge in [-0.1, -0.05) is 0 Å². The van der Waals surface area contributed by atoms with Gasteiger partial charge in [-0.3, -0.25) is 4.79 Å². The van der Waals surface area contributed by atoms with Crippen LogP contribution in [0.5, 0.6) is 0 Å². The maximum absolute atomic E-state index is 11.0. The second kappa shape index (κ2) is 2.55. The van der Waals surface area contributed by atoms with Crippen LogP contribution in [0, 0.1) is 6.92 Å². The van der Waals surface area contributed by atoms with Crippen LogP contribution in [-0.2, 0) is 17.9 Å². The van der Waals surface area contributed by atoms with Crippen LogP contribution in [0.3, 0.4) is 0 Å². The van der Waals surface area contributed by atoms with E-state index >= 15 is 0 Å². The molecule has 0 N–H and O–H groups in total. The highest BCUT2D eigenvalue weighted by molar-refractivity contribution is 7.11. The molecule has 0 atom stereocenters. The van der Waals surface area contributed by atoms with E-state index in [1.165, 1.54) is 4.88 Å². The molecule has 0 bridgehead atoms. The first-order valence-electron chi connectivity index (χ1n) is 3.87. The summed E-state index contributed by atoms with van der Waals surface area (Å²) in [5.74, 6) is 0.137. The number of nitrogens with zero attached hydrogens (tertiary/aromatic N) is 2. The Bertz CT molecular complexity index is 308. The van der Waals surface area contributed by atoms with Crippen LogP contribution < -0.4 is 0 Å². The number of aryl methyl sites for hydroxylation is 1. The number of amides is 1. The highest BCUT2D eigenvalue weighted by Gasteiger charge is 2.23. The van der Waals surface area contributed by atoms with E-state index in [4.69, 9.17) is 0 Å². The number of fused-ring (bicyclic) bond motifs is 1. The predicted octanol–water partition coefficient (Wildman–Crippen LogP) is 1.31. The molecule has 3 nitrogen and oxygen atoms in total. The third kappa shape index (κ3) is 1.12. The van der Waals surface area contributed by atoms with Crippen molar-refractivity contribution in [3.63, 3.8) is 0 Å². The van der Waals surface area contributed by atoms with Crippen molar-refractivity contribution >= 4 is 17.2 Å². The molecule has 4 heteroatoms. The zero-order valence-corrected chi connectivity index (χ0v) is 7.94. The van der Waals surface area contributed by atoms with Crippen molar-refractivity contribution in [3.8, 4) is 0 Å². The van der Waals surface area contributed by atoms with Crippen LogP contribution in [-0.4, -0.2) is 15.8 Å². The van der Waals surface area contributed by atoms with Crippen LogP contribution >= 0.6 is 11.3 Å². The molecule has 0 aliphatic carbocycles. The second-order valence-electron chi connectivity index (χ2n) is 2.98. The van der Waals surface area contributed by atoms with Crippen LogP contribution in [0.25, 0.3) is 0 Å². The standard InChI is InChI=1S/C8H10N2OS/c1-5-9-7-3-10(6(2)11)4-8(7)12-5/h3-4H2,1-2H3. The van der Waals surface area contributed by atoms with Crippen molar-refractivity contribution in [1.82, 2.24) is 9.88 Å². The van der Waals surface area contributed by atoms with Gasteiger partial charge in [0.05, 0.1) is 23.8 Å². The summed E-state index contributed by atoms with van der Waals surface area (Å²) < 4.78 is 0.